The third-order valence-electron chi connectivity index (χ3n) is 7.25. The van der Waals surface area contributed by atoms with Gasteiger partial charge in [-0.25, -0.2) is 0 Å². The van der Waals surface area contributed by atoms with E-state index >= 15 is 0 Å². The monoisotopic (exact) mass is 596 g/mol. The van der Waals surface area contributed by atoms with E-state index in [-0.39, 0.29) is 11.8 Å². The Labute approximate surface area is 258 Å². The summed E-state index contributed by atoms with van der Waals surface area (Å²) in [7, 11) is 12.0. The van der Waals surface area contributed by atoms with Crippen molar-refractivity contribution in [2.75, 3.05) is 94.9 Å². The van der Waals surface area contributed by atoms with E-state index in [0.717, 1.165) is 70.6 Å². The molecule has 0 aromatic heterocycles. The minimum atomic E-state index is -0.0888. The molecule has 9 nitrogen and oxygen atoms in total. The van der Waals surface area contributed by atoms with Gasteiger partial charge in [0, 0.05) is 38.1 Å². The minimum absolute atomic E-state index is 0.0888. The van der Waals surface area contributed by atoms with Crippen molar-refractivity contribution >= 4 is 24.0 Å². The van der Waals surface area contributed by atoms with E-state index in [1.54, 1.807) is 38.5 Å². The molecule has 0 aliphatic carbocycles. The van der Waals surface area contributed by atoms with Gasteiger partial charge in [-0.1, -0.05) is 24.3 Å². The molecule has 2 rings (SSSR count). The van der Waals surface area contributed by atoms with E-state index in [4.69, 9.17) is 14.2 Å². The highest BCUT2D eigenvalue weighted by Gasteiger charge is 2.17. The lowest BCUT2D eigenvalue weighted by molar-refractivity contribution is -0.894. The van der Waals surface area contributed by atoms with Gasteiger partial charge in [0.15, 0.2) is 0 Å². The van der Waals surface area contributed by atoms with Crippen LogP contribution in [0.15, 0.2) is 60.7 Å². The van der Waals surface area contributed by atoms with Gasteiger partial charge in [0.05, 0.1) is 68.7 Å². The molecular formula is C34H52N4O5+2. The molecule has 0 radical (unpaired) electrons. The van der Waals surface area contributed by atoms with Gasteiger partial charge >= 0.3 is 0 Å². The number of carbonyl (C=O) groups excluding carboxylic acids is 2. The van der Waals surface area contributed by atoms with Crippen molar-refractivity contribution in [1.82, 2.24) is 10.6 Å². The minimum Gasteiger partial charge on any atom is -0.497 e. The fraction of sp³-hybridized carbons (Fsp3) is 0.471. The van der Waals surface area contributed by atoms with Crippen molar-refractivity contribution < 1.29 is 32.8 Å². The number of benzene rings is 2. The summed E-state index contributed by atoms with van der Waals surface area (Å²) in [6.07, 6.45) is 8.52. The molecule has 0 spiro atoms. The lowest BCUT2D eigenvalue weighted by Gasteiger charge is -2.31. The van der Waals surface area contributed by atoms with Crippen LogP contribution in [0.25, 0.3) is 12.2 Å². The van der Waals surface area contributed by atoms with E-state index in [1.807, 2.05) is 48.5 Å². The van der Waals surface area contributed by atoms with Crippen molar-refractivity contribution in [3.8, 4) is 11.5 Å². The van der Waals surface area contributed by atoms with Crippen LogP contribution in [0, 0.1) is 0 Å². The Bertz CT molecular complexity index is 1070. The first-order chi connectivity index (χ1) is 20.5. The number of methoxy groups -OCH3 is 2. The van der Waals surface area contributed by atoms with Gasteiger partial charge in [-0.3, -0.25) is 9.59 Å². The van der Waals surface area contributed by atoms with Crippen LogP contribution in [-0.2, 0) is 14.3 Å². The van der Waals surface area contributed by atoms with Crippen molar-refractivity contribution in [1.29, 1.82) is 0 Å². The first-order valence-corrected chi connectivity index (χ1v) is 14.9. The summed E-state index contributed by atoms with van der Waals surface area (Å²) in [5.74, 6) is 1.41. The maximum absolute atomic E-state index is 12.1. The number of ether oxygens (including phenoxy) is 3. The number of likely N-dealkylation sites (N-methyl/N-ethyl adjacent to an activating group) is 2. The number of quaternary nitrogens is 2. The van der Waals surface area contributed by atoms with Crippen LogP contribution in [0.5, 0.6) is 11.5 Å². The highest BCUT2D eigenvalue weighted by molar-refractivity contribution is 5.92. The summed E-state index contributed by atoms with van der Waals surface area (Å²) < 4.78 is 17.9. The zero-order valence-electron chi connectivity index (χ0n) is 26.9. The molecule has 2 aromatic rings. The second-order valence-corrected chi connectivity index (χ2v) is 11.9. The van der Waals surface area contributed by atoms with Gasteiger partial charge in [-0.05, 0) is 47.5 Å². The molecule has 0 saturated carbocycles. The van der Waals surface area contributed by atoms with Gasteiger partial charge in [0.25, 0.3) is 0 Å². The van der Waals surface area contributed by atoms with E-state index in [9.17, 15) is 9.59 Å². The quantitative estimate of drug-likeness (QED) is 0.139. The number of hydrogen-bond donors (Lipinski definition) is 2. The standard InChI is InChI=1S/C34H50N4O5/c1-37(2,23-7-21-35-33(39)19-13-29-9-15-31(41-5)16-10-29)25-27-43-28-26-38(3,4)24-8-22-36-34(40)20-14-30-11-17-32(42-6)18-12-30/h9-20H,7-8,21-28H2,1-6H3/p+2. The first kappa shape index (κ1) is 35.5. The first-order valence-electron chi connectivity index (χ1n) is 14.9. The fourth-order valence-corrected chi connectivity index (χ4v) is 4.28. The van der Waals surface area contributed by atoms with Crippen molar-refractivity contribution in [2.24, 2.45) is 0 Å². The number of rotatable bonds is 20. The molecule has 0 aliphatic heterocycles. The Balaban J connectivity index is 1.51. The van der Waals surface area contributed by atoms with E-state index in [0.29, 0.717) is 26.3 Å². The highest BCUT2D eigenvalue weighted by Crippen LogP contribution is 2.13. The average Bonchev–Trinajstić information content (AvgIpc) is 2.99. The lowest BCUT2D eigenvalue weighted by atomic mass is 10.2. The van der Waals surface area contributed by atoms with Crippen molar-refractivity contribution in [3.63, 3.8) is 0 Å². The highest BCUT2D eigenvalue weighted by atomic mass is 16.5. The van der Waals surface area contributed by atoms with E-state index < -0.39 is 0 Å². The van der Waals surface area contributed by atoms with Crippen LogP contribution < -0.4 is 20.1 Å². The second kappa shape index (κ2) is 18.8. The Hall–Kier alpha value is -3.66. The third kappa shape index (κ3) is 16.0. The average molecular weight is 597 g/mol. The third-order valence-corrected chi connectivity index (χ3v) is 7.25. The number of nitrogens with one attached hydrogen (secondary N) is 2. The molecular weight excluding hydrogens is 544 g/mol. The summed E-state index contributed by atoms with van der Waals surface area (Å²) in [6.45, 7) is 6.40. The topological polar surface area (TPSA) is 85.9 Å². The second-order valence-electron chi connectivity index (χ2n) is 11.9. The number of amides is 2. The fourth-order valence-electron chi connectivity index (χ4n) is 4.28. The SMILES string of the molecule is COc1ccc(C=CC(=O)NCCC[N+](C)(C)CCOCC[N+](C)(C)CCCNC(=O)C=Cc2ccc(OC)cc2)cc1. The van der Waals surface area contributed by atoms with Crippen molar-refractivity contribution in [2.45, 2.75) is 12.8 Å². The summed E-state index contributed by atoms with van der Waals surface area (Å²) >= 11 is 0. The maximum atomic E-state index is 12.1. The summed E-state index contributed by atoms with van der Waals surface area (Å²) in [6, 6.07) is 15.1. The molecule has 0 fully saturated rings. The lowest BCUT2D eigenvalue weighted by Crippen LogP contribution is -2.46. The molecule has 2 N–H and O–H groups in total. The molecule has 0 aliphatic rings. The number of hydrogen-bond acceptors (Lipinski definition) is 5. The smallest absolute Gasteiger partial charge is 0.244 e. The molecule has 0 saturated heterocycles. The predicted octanol–water partition coefficient (Wildman–Crippen LogP) is 3.61. The number of carbonyl (C=O) groups is 2. The van der Waals surface area contributed by atoms with Crippen LogP contribution >= 0.6 is 0 Å². The number of nitrogens with zero attached hydrogens (tertiary/aromatic N) is 2. The van der Waals surface area contributed by atoms with Gasteiger partial charge in [-0.15, -0.1) is 0 Å². The van der Waals surface area contributed by atoms with Gasteiger partial charge in [0.1, 0.15) is 24.6 Å². The van der Waals surface area contributed by atoms with Crippen LogP contribution in [0.4, 0.5) is 0 Å². The zero-order valence-corrected chi connectivity index (χ0v) is 26.9. The van der Waals surface area contributed by atoms with Crippen LogP contribution in [0.1, 0.15) is 24.0 Å². The molecule has 9 heteroatoms. The van der Waals surface area contributed by atoms with Gasteiger partial charge in [0.2, 0.25) is 11.8 Å². The molecule has 0 bridgehead atoms. The Morgan fingerprint density at radius 1 is 0.628 bits per heavy atom. The normalized spacial score (nSPS) is 12.0. The van der Waals surface area contributed by atoms with E-state index in [1.165, 1.54) is 0 Å². The van der Waals surface area contributed by atoms with Crippen LogP contribution in [0.3, 0.4) is 0 Å². The Morgan fingerprint density at radius 3 is 1.35 bits per heavy atom. The molecule has 0 atom stereocenters. The van der Waals surface area contributed by atoms with Crippen LogP contribution in [0.2, 0.25) is 0 Å². The van der Waals surface area contributed by atoms with Gasteiger partial charge < -0.3 is 33.8 Å². The van der Waals surface area contributed by atoms with E-state index in [2.05, 4.69) is 38.8 Å². The molecule has 2 aromatic carbocycles. The molecule has 236 valence electrons. The molecule has 43 heavy (non-hydrogen) atoms. The largest absolute Gasteiger partial charge is 0.497 e. The maximum Gasteiger partial charge on any atom is 0.244 e. The molecule has 2 amide bonds. The Kier molecular flexibility index (Phi) is 15.5. The van der Waals surface area contributed by atoms with Gasteiger partial charge in [-0.2, -0.15) is 0 Å². The molecule has 0 unspecified atom stereocenters. The summed E-state index contributed by atoms with van der Waals surface area (Å²) in [5.41, 5.74) is 1.91. The predicted molar refractivity (Wildman–Crippen MR) is 174 cm³/mol. The van der Waals surface area contributed by atoms with Crippen molar-refractivity contribution in [3.05, 3.63) is 71.8 Å². The Morgan fingerprint density at radius 2 is 1.00 bits per heavy atom. The zero-order chi connectivity index (χ0) is 31.6. The summed E-state index contributed by atoms with van der Waals surface area (Å²) in [5, 5.41) is 5.92. The summed E-state index contributed by atoms with van der Waals surface area (Å²) in [4.78, 5) is 24.2. The van der Waals surface area contributed by atoms with Crippen LogP contribution in [-0.4, -0.2) is 116 Å². The molecule has 0 heterocycles.